The number of imidazole rings is 1. The van der Waals surface area contributed by atoms with Gasteiger partial charge in [-0.2, -0.15) is 0 Å². The molecule has 0 aliphatic carbocycles. The molecule has 1 aliphatic rings. The van der Waals surface area contributed by atoms with E-state index in [1.54, 1.807) is 13.4 Å². The Morgan fingerprint density at radius 1 is 1.29 bits per heavy atom. The van der Waals surface area contributed by atoms with Crippen LogP contribution in [0.15, 0.2) is 15.9 Å². The number of quaternary nitrogens is 1. The summed E-state index contributed by atoms with van der Waals surface area (Å²) >= 11 is 0. The van der Waals surface area contributed by atoms with Gasteiger partial charge in [-0.25, -0.2) is 9.78 Å². The topological polar surface area (TPSA) is 66.3 Å². The van der Waals surface area contributed by atoms with Gasteiger partial charge in [-0.15, -0.1) is 0 Å². The molecule has 7 heteroatoms. The average Bonchev–Trinajstić information content (AvgIpc) is 2.89. The van der Waals surface area contributed by atoms with E-state index < -0.39 is 0 Å². The van der Waals surface area contributed by atoms with E-state index in [0.717, 1.165) is 17.8 Å². The summed E-state index contributed by atoms with van der Waals surface area (Å²) in [5.41, 5.74) is 0.378. The van der Waals surface area contributed by atoms with Gasteiger partial charge in [0.25, 0.3) is 5.56 Å². The minimum absolute atomic E-state index is 0.269. The van der Waals surface area contributed by atoms with Crippen molar-refractivity contribution in [3.05, 3.63) is 27.2 Å². The zero-order valence-electron chi connectivity index (χ0n) is 12.8. The van der Waals surface area contributed by atoms with Gasteiger partial charge in [-0.3, -0.25) is 18.5 Å². The second-order valence-corrected chi connectivity index (χ2v) is 6.06. The molecule has 0 amide bonds. The highest BCUT2D eigenvalue weighted by atomic mass is 16.2. The SMILES string of the molecule is C[C@@H]1CCCC[NH+]1Cn1cnc2c1c(=O)n(C)c(=O)n2C. The van der Waals surface area contributed by atoms with Gasteiger partial charge in [0.15, 0.2) is 17.8 Å². The predicted octanol–water partition coefficient (Wildman–Crippen LogP) is -1.15. The predicted molar refractivity (Wildman–Crippen MR) is 79.4 cm³/mol. The number of fused-ring (bicyclic) bond motifs is 1. The number of nitrogens with one attached hydrogen (secondary N) is 1. The lowest BCUT2D eigenvalue weighted by Gasteiger charge is -2.30. The molecule has 2 aromatic rings. The fourth-order valence-corrected chi connectivity index (χ4v) is 3.22. The Morgan fingerprint density at radius 3 is 2.76 bits per heavy atom. The summed E-state index contributed by atoms with van der Waals surface area (Å²) < 4.78 is 4.48. The van der Waals surface area contributed by atoms with Crippen molar-refractivity contribution in [2.24, 2.45) is 14.1 Å². The molecule has 0 bridgehead atoms. The minimum Gasteiger partial charge on any atom is -0.315 e. The molecule has 2 atom stereocenters. The van der Waals surface area contributed by atoms with Crippen LogP contribution >= 0.6 is 0 Å². The van der Waals surface area contributed by atoms with Crippen LogP contribution in [0.2, 0.25) is 0 Å². The second-order valence-electron chi connectivity index (χ2n) is 6.06. The molecule has 0 aromatic carbocycles. The molecular formula is C14H22N5O2+. The van der Waals surface area contributed by atoms with Gasteiger partial charge in [0.1, 0.15) is 6.33 Å². The first-order chi connectivity index (χ1) is 10.0. The number of aryl methyl sites for hydroxylation is 1. The number of rotatable bonds is 2. The maximum Gasteiger partial charge on any atom is 0.332 e. The Morgan fingerprint density at radius 2 is 2.05 bits per heavy atom. The van der Waals surface area contributed by atoms with Gasteiger partial charge >= 0.3 is 5.69 Å². The van der Waals surface area contributed by atoms with Crippen LogP contribution in [0.4, 0.5) is 0 Å². The van der Waals surface area contributed by atoms with E-state index in [2.05, 4.69) is 11.9 Å². The standard InChI is InChI=1S/C14H21N5O2/c1-10-6-4-5-7-18(10)9-19-8-15-12-11(19)13(20)17(3)14(21)16(12)2/h8,10H,4-7,9H2,1-3H3/p+1/t10-/m1/s1. The highest BCUT2D eigenvalue weighted by Crippen LogP contribution is 2.06. The number of hydrogen-bond donors (Lipinski definition) is 1. The maximum atomic E-state index is 12.4. The quantitative estimate of drug-likeness (QED) is 0.760. The van der Waals surface area contributed by atoms with Gasteiger partial charge in [0, 0.05) is 14.1 Å². The summed E-state index contributed by atoms with van der Waals surface area (Å²) in [5, 5.41) is 0. The van der Waals surface area contributed by atoms with Crippen LogP contribution < -0.4 is 16.1 Å². The molecule has 0 spiro atoms. The molecule has 1 fully saturated rings. The Kier molecular flexibility index (Phi) is 3.44. The molecule has 1 aliphatic heterocycles. The van der Waals surface area contributed by atoms with Crippen molar-refractivity contribution in [2.45, 2.75) is 38.9 Å². The lowest BCUT2D eigenvalue weighted by Crippen LogP contribution is -3.15. The lowest BCUT2D eigenvalue weighted by atomic mass is 10.0. The van der Waals surface area contributed by atoms with E-state index in [4.69, 9.17) is 0 Å². The molecule has 0 radical (unpaired) electrons. The largest absolute Gasteiger partial charge is 0.332 e. The van der Waals surface area contributed by atoms with Gasteiger partial charge in [-0.05, 0) is 26.2 Å². The molecule has 1 N–H and O–H groups in total. The number of likely N-dealkylation sites (tertiary alicyclic amines) is 1. The summed E-state index contributed by atoms with van der Waals surface area (Å²) in [4.78, 5) is 30.1. The number of piperidine rings is 1. The first-order valence-corrected chi connectivity index (χ1v) is 7.46. The highest BCUT2D eigenvalue weighted by molar-refractivity contribution is 5.69. The Labute approximate surface area is 122 Å². The molecule has 1 unspecified atom stereocenters. The van der Waals surface area contributed by atoms with Crippen molar-refractivity contribution in [3.63, 3.8) is 0 Å². The smallest absolute Gasteiger partial charge is 0.315 e. The van der Waals surface area contributed by atoms with E-state index in [-0.39, 0.29) is 11.2 Å². The summed E-state index contributed by atoms with van der Waals surface area (Å²) in [7, 11) is 3.16. The zero-order chi connectivity index (χ0) is 15.1. The van der Waals surface area contributed by atoms with Crippen LogP contribution in [0.1, 0.15) is 26.2 Å². The zero-order valence-corrected chi connectivity index (χ0v) is 12.8. The molecule has 3 heterocycles. The van der Waals surface area contributed by atoms with Crippen LogP contribution in [-0.2, 0) is 20.8 Å². The third-order valence-electron chi connectivity index (χ3n) is 4.67. The van der Waals surface area contributed by atoms with Crippen molar-refractivity contribution in [2.75, 3.05) is 6.54 Å². The number of aromatic nitrogens is 4. The molecule has 1 saturated heterocycles. The van der Waals surface area contributed by atoms with Crippen LogP contribution in [0.3, 0.4) is 0 Å². The van der Waals surface area contributed by atoms with Crippen molar-refractivity contribution in [3.8, 4) is 0 Å². The third-order valence-corrected chi connectivity index (χ3v) is 4.67. The Hall–Kier alpha value is -1.89. The molecule has 2 aromatic heterocycles. The second kappa shape index (κ2) is 5.14. The Balaban J connectivity index is 2.08. The van der Waals surface area contributed by atoms with Crippen LogP contribution in [0.25, 0.3) is 11.2 Å². The van der Waals surface area contributed by atoms with Crippen molar-refractivity contribution in [1.29, 1.82) is 0 Å². The van der Waals surface area contributed by atoms with Gasteiger partial charge < -0.3 is 4.90 Å². The fourth-order valence-electron chi connectivity index (χ4n) is 3.22. The van der Waals surface area contributed by atoms with Crippen LogP contribution in [0, 0.1) is 0 Å². The van der Waals surface area contributed by atoms with Crippen molar-refractivity contribution in [1.82, 2.24) is 18.7 Å². The van der Waals surface area contributed by atoms with Crippen LogP contribution in [0.5, 0.6) is 0 Å². The van der Waals surface area contributed by atoms with Gasteiger partial charge in [0.2, 0.25) is 0 Å². The first-order valence-electron chi connectivity index (χ1n) is 7.46. The minimum atomic E-state index is -0.337. The first kappa shape index (κ1) is 14.1. The van der Waals surface area contributed by atoms with Gasteiger partial charge in [0.05, 0.1) is 12.6 Å². The fraction of sp³-hybridized carbons (Fsp3) is 0.643. The molecule has 7 nitrogen and oxygen atoms in total. The monoisotopic (exact) mass is 292 g/mol. The van der Waals surface area contributed by atoms with E-state index in [0.29, 0.717) is 17.2 Å². The molecule has 21 heavy (non-hydrogen) atoms. The summed E-state index contributed by atoms with van der Waals surface area (Å²) in [6, 6.07) is 0.590. The van der Waals surface area contributed by atoms with E-state index in [1.807, 2.05) is 4.57 Å². The number of hydrogen-bond acceptors (Lipinski definition) is 3. The Bertz CT molecular complexity index is 785. The van der Waals surface area contributed by atoms with Gasteiger partial charge in [-0.1, -0.05) is 0 Å². The summed E-state index contributed by atoms with van der Waals surface area (Å²) in [6.45, 7) is 4.10. The molecular weight excluding hydrogens is 270 g/mol. The summed E-state index contributed by atoms with van der Waals surface area (Å²) in [6.07, 6.45) is 5.41. The lowest BCUT2D eigenvalue weighted by molar-refractivity contribution is -0.950. The molecule has 3 rings (SSSR count). The molecule has 0 saturated carbocycles. The van der Waals surface area contributed by atoms with Crippen LogP contribution in [-0.4, -0.2) is 31.3 Å². The van der Waals surface area contributed by atoms with Crippen molar-refractivity contribution >= 4 is 11.2 Å². The van der Waals surface area contributed by atoms with E-state index in [9.17, 15) is 9.59 Å². The number of nitrogens with zero attached hydrogens (tertiary/aromatic N) is 4. The van der Waals surface area contributed by atoms with E-state index in [1.165, 1.54) is 35.8 Å². The summed E-state index contributed by atoms with van der Waals surface area (Å²) in [5.74, 6) is 0. The maximum absolute atomic E-state index is 12.4. The average molecular weight is 292 g/mol. The van der Waals surface area contributed by atoms with Crippen molar-refractivity contribution < 1.29 is 4.90 Å². The molecule has 114 valence electrons. The van der Waals surface area contributed by atoms with E-state index >= 15 is 0 Å². The normalized spacial score (nSPS) is 22.8. The highest BCUT2D eigenvalue weighted by Gasteiger charge is 2.23. The third kappa shape index (κ3) is 2.21.